The van der Waals surface area contributed by atoms with Crippen LogP contribution in [0.5, 0.6) is 0 Å². The first kappa shape index (κ1) is 29.3. The van der Waals surface area contributed by atoms with Crippen LogP contribution < -0.4 is 0 Å². The Bertz CT molecular complexity index is 908. The van der Waals surface area contributed by atoms with E-state index >= 15 is 0 Å². The molecule has 10 heteroatoms. The molecule has 0 aromatic carbocycles. The van der Waals surface area contributed by atoms with Crippen molar-refractivity contribution in [1.82, 2.24) is 0 Å². The van der Waals surface area contributed by atoms with Gasteiger partial charge in [-0.05, 0) is 56.4 Å². The van der Waals surface area contributed by atoms with Gasteiger partial charge in [-0.2, -0.15) is 0 Å². The molecule has 7 atom stereocenters. The third-order valence-corrected chi connectivity index (χ3v) is 8.27. The molecule has 1 saturated heterocycles. The maximum Gasteiger partial charge on any atom is 0.310 e. The zero-order valence-electron chi connectivity index (χ0n) is 22.4. The van der Waals surface area contributed by atoms with Crippen LogP contribution in [0.25, 0.3) is 0 Å². The number of hydrogen-bond acceptors (Lipinski definition) is 10. The first-order valence-corrected chi connectivity index (χ1v) is 12.9. The molecule has 3 aliphatic rings. The summed E-state index contributed by atoms with van der Waals surface area (Å²) in [5, 5.41) is 10.5. The lowest BCUT2D eigenvalue weighted by Crippen LogP contribution is -2.64. The Balaban J connectivity index is 0.000000364. The number of Topliss-reactive ketones (excluding diaryl/α,β-unsaturated/α-hetero) is 1. The molecule has 2 aliphatic carbocycles. The van der Waals surface area contributed by atoms with Gasteiger partial charge in [0.15, 0.2) is 5.78 Å². The van der Waals surface area contributed by atoms with E-state index in [9.17, 15) is 19.5 Å². The van der Waals surface area contributed by atoms with Crippen LogP contribution in [0.4, 0.5) is 0 Å². The molecule has 2 heterocycles. The molecule has 1 aliphatic heterocycles. The second-order valence-electron chi connectivity index (χ2n) is 10.4. The lowest BCUT2D eigenvalue weighted by molar-refractivity contribution is -0.207. The standard InChI is InChI=1S/C21H26O7.C6H14O3/c1-20-6-4-12-19(25)28-15(11-5-7-27-10-11)9-21(12,2)17(20)16(23)14(22)8-13(20)18(24)26-3;1-3-7-5-9-6-8-4-2/h5,7,10,12-15,17,22H,4,6,8-9H2,1-3H3;3-6H2,1-2H3/t12-,13-,14-,15+,17-,20-,21-;/m0./s1. The fourth-order valence-corrected chi connectivity index (χ4v) is 6.49. The number of cyclic esters (lactones) is 1. The second-order valence-corrected chi connectivity index (χ2v) is 10.4. The monoisotopic (exact) mass is 524 g/mol. The lowest BCUT2D eigenvalue weighted by Gasteiger charge is -2.60. The maximum atomic E-state index is 13.2. The molecule has 37 heavy (non-hydrogen) atoms. The zero-order valence-corrected chi connectivity index (χ0v) is 22.4. The first-order valence-electron chi connectivity index (χ1n) is 12.9. The fraction of sp³-hybridized carbons (Fsp3) is 0.741. The third-order valence-electron chi connectivity index (χ3n) is 8.27. The van der Waals surface area contributed by atoms with Crippen LogP contribution in [0.1, 0.15) is 65.0 Å². The Morgan fingerprint density at radius 3 is 2.35 bits per heavy atom. The number of aliphatic hydroxyl groups excluding tert-OH is 1. The number of carbonyl (C=O) groups is 3. The summed E-state index contributed by atoms with van der Waals surface area (Å²) in [7, 11) is 1.32. The molecule has 208 valence electrons. The molecule has 0 spiro atoms. The maximum absolute atomic E-state index is 13.2. The van der Waals surface area contributed by atoms with Crippen molar-refractivity contribution in [3.05, 3.63) is 24.2 Å². The zero-order chi connectivity index (χ0) is 27.2. The average Bonchev–Trinajstić information content (AvgIpc) is 3.41. The van der Waals surface area contributed by atoms with Gasteiger partial charge in [-0.1, -0.05) is 13.8 Å². The summed E-state index contributed by atoms with van der Waals surface area (Å²) in [5.41, 5.74) is -0.656. The first-order chi connectivity index (χ1) is 17.6. The second kappa shape index (κ2) is 12.5. The fourth-order valence-electron chi connectivity index (χ4n) is 6.49. The number of carbonyl (C=O) groups excluding carboxylic acids is 3. The van der Waals surface area contributed by atoms with Gasteiger partial charge in [0.25, 0.3) is 0 Å². The van der Waals surface area contributed by atoms with Gasteiger partial charge in [-0.25, -0.2) is 0 Å². The van der Waals surface area contributed by atoms with Crippen LogP contribution >= 0.6 is 0 Å². The third kappa shape index (κ3) is 5.92. The number of furan rings is 1. The van der Waals surface area contributed by atoms with Crippen LogP contribution in [0.2, 0.25) is 0 Å². The quantitative estimate of drug-likeness (QED) is 0.307. The van der Waals surface area contributed by atoms with Crippen LogP contribution in [-0.4, -0.2) is 62.8 Å². The van der Waals surface area contributed by atoms with E-state index in [0.717, 1.165) is 5.56 Å². The highest BCUT2D eigenvalue weighted by Crippen LogP contribution is 2.64. The SMILES string of the molecule is CCOCOCOCC.COC(=O)[C@@H]1C[C@H](O)C(=O)[C@H]2[C@@]1(C)CC[C@H]1C(=O)O[C@@H](c3ccoc3)C[C@]21C. The van der Waals surface area contributed by atoms with Gasteiger partial charge in [0.1, 0.15) is 25.8 Å². The van der Waals surface area contributed by atoms with E-state index in [1.54, 1.807) is 12.3 Å². The van der Waals surface area contributed by atoms with Gasteiger partial charge in [-0.3, -0.25) is 14.4 Å². The molecular formula is C27H40O10. The van der Waals surface area contributed by atoms with Crippen molar-refractivity contribution >= 4 is 17.7 Å². The van der Waals surface area contributed by atoms with Gasteiger partial charge in [0, 0.05) is 24.7 Å². The van der Waals surface area contributed by atoms with Gasteiger partial charge in [0.05, 0.1) is 31.5 Å². The summed E-state index contributed by atoms with van der Waals surface area (Å²) in [6.07, 6.45) is 2.88. The summed E-state index contributed by atoms with van der Waals surface area (Å²) in [5.74, 6) is -2.68. The topological polar surface area (TPSA) is 131 Å². The highest BCUT2D eigenvalue weighted by Gasteiger charge is 2.67. The van der Waals surface area contributed by atoms with Gasteiger partial charge in [-0.15, -0.1) is 0 Å². The molecule has 2 saturated carbocycles. The lowest BCUT2D eigenvalue weighted by atomic mass is 9.43. The Morgan fingerprint density at radius 2 is 1.78 bits per heavy atom. The number of ketones is 1. The number of aliphatic hydroxyl groups is 1. The smallest absolute Gasteiger partial charge is 0.310 e. The number of fused-ring (bicyclic) bond motifs is 3. The Labute approximate surface area is 217 Å². The minimum atomic E-state index is -1.23. The van der Waals surface area contributed by atoms with Crippen molar-refractivity contribution < 1.29 is 47.6 Å². The summed E-state index contributed by atoms with van der Waals surface area (Å²) >= 11 is 0. The van der Waals surface area contributed by atoms with Crippen molar-refractivity contribution in [2.75, 3.05) is 33.9 Å². The van der Waals surface area contributed by atoms with Crippen LogP contribution in [-0.2, 0) is 38.1 Å². The van der Waals surface area contributed by atoms with E-state index in [-0.39, 0.29) is 18.2 Å². The Morgan fingerprint density at radius 1 is 1.11 bits per heavy atom. The molecule has 1 aromatic heterocycles. The van der Waals surface area contributed by atoms with E-state index in [2.05, 4.69) is 0 Å². The molecule has 0 radical (unpaired) electrons. The molecule has 1 aromatic rings. The number of ether oxygens (including phenoxy) is 5. The molecule has 0 unspecified atom stereocenters. The Kier molecular flexibility index (Phi) is 9.91. The minimum Gasteiger partial charge on any atom is -0.472 e. The molecule has 1 N–H and O–H groups in total. The molecule has 0 bridgehead atoms. The van der Waals surface area contributed by atoms with Crippen molar-refractivity contribution in [1.29, 1.82) is 0 Å². The number of methoxy groups -OCH3 is 1. The molecule has 3 fully saturated rings. The van der Waals surface area contributed by atoms with Crippen molar-refractivity contribution in [2.45, 2.75) is 65.6 Å². The summed E-state index contributed by atoms with van der Waals surface area (Å²) in [6, 6.07) is 1.75. The van der Waals surface area contributed by atoms with E-state index in [0.29, 0.717) is 46.1 Å². The average molecular weight is 525 g/mol. The van der Waals surface area contributed by atoms with Crippen LogP contribution in [0, 0.1) is 28.6 Å². The van der Waals surface area contributed by atoms with Crippen molar-refractivity contribution in [2.24, 2.45) is 28.6 Å². The molecule has 10 nitrogen and oxygen atoms in total. The van der Waals surface area contributed by atoms with Gasteiger partial charge in [0.2, 0.25) is 0 Å². The van der Waals surface area contributed by atoms with E-state index in [1.165, 1.54) is 13.4 Å². The van der Waals surface area contributed by atoms with Crippen LogP contribution in [0.3, 0.4) is 0 Å². The highest BCUT2D eigenvalue weighted by atomic mass is 16.7. The summed E-state index contributed by atoms with van der Waals surface area (Å²) in [6.45, 7) is 9.73. The molecule has 4 rings (SSSR count). The highest BCUT2D eigenvalue weighted by molar-refractivity contribution is 5.91. The molecular weight excluding hydrogens is 484 g/mol. The Hall–Kier alpha value is -2.27. The molecule has 0 amide bonds. The normalized spacial score (nSPS) is 34.9. The van der Waals surface area contributed by atoms with Crippen molar-refractivity contribution in [3.8, 4) is 0 Å². The predicted octanol–water partition coefficient (Wildman–Crippen LogP) is 3.42. The van der Waals surface area contributed by atoms with Crippen molar-refractivity contribution in [3.63, 3.8) is 0 Å². The number of rotatable bonds is 8. The summed E-state index contributed by atoms with van der Waals surface area (Å²) < 4.78 is 30.4. The summed E-state index contributed by atoms with van der Waals surface area (Å²) in [4.78, 5) is 38.6. The van der Waals surface area contributed by atoms with E-state index in [4.69, 9.17) is 28.1 Å². The van der Waals surface area contributed by atoms with E-state index in [1.807, 2.05) is 27.7 Å². The van der Waals surface area contributed by atoms with Gasteiger partial charge >= 0.3 is 11.9 Å². The minimum absolute atomic E-state index is 0.0643. The largest absolute Gasteiger partial charge is 0.472 e. The van der Waals surface area contributed by atoms with Gasteiger partial charge < -0.3 is 33.2 Å². The van der Waals surface area contributed by atoms with Crippen LogP contribution in [0.15, 0.2) is 23.0 Å². The van der Waals surface area contributed by atoms with E-state index < -0.39 is 46.8 Å². The number of hydrogen-bond donors (Lipinski definition) is 1. The predicted molar refractivity (Wildman–Crippen MR) is 130 cm³/mol. The number of esters is 2.